The molecule has 0 saturated carbocycles. The van der Waals surface area contributed by atoms with Gasteiger partial charge < -0.3 is 0 Å². The summed E-state index contributed by atoms with van der Waals surface area (Å²) in [6, 6.07) is 43.9. The summed E-state index contributed by atoms with van der Waals surface area (Å²) in [6.45, 7) is 0. The zero-order valence-electron chi connectivity index (χ0n) is 18.0. The van der Waals surface area contributed by atoms with Crippen LogP contribution >= 0.6 is 0 Å². The summed E-state index contributed by atoms with van der Waals surface area (Å²) in [5.74, 6) is 0.675. The van der Waals surface area contributed by atoms with Crippen molar-refractivity contribution in [3.63, 3.8) is 0 Å². The van der Waals surface area contributed by atoms with E-state index in [1.807, 2.05) is 42.5 Å². The minimum atomic E-state index is 0.675. The Morgan fingerprint density at radius 3 is 1.52 bits per heavy atom. The lowest BCUT2D eigenvalue weighted by molar-refractivity contribution is -0.579. The summed E-state index contributed by atoms with van der Waals surface area (Å²) in [4.78, 5) is 9.82. The van der Waals surface area contributed by atoms with Crippen LogP contribution in [0.2, 0.25) is 0 Å². The number of rotatable bonds is 4. The summed E-state index contributed by atoms with van der Waals surface area (Å²) >= 11 is 0. The van der Waals surface area contributed by atoms with Gasteiger partial charge in [-0.25, -0.2) is 9.97 Å². The molecule has 3 nitrogen and oxygen atoms in total. The minimum absolute atomic E-state index is 0.675. The number of hydrogen-bond acceptors (Lipinski definition) is 1. The highest BCUT2D eigenvalue weighted by atomic mass is 15.2. The van der Waals surface area contributed by atoms with E-state index in [0.29, 0.717) is 5.95 Å². The zero-order chi connectivity index (χ0) is 22.0. The van der Waals surface area contributed by atoms with Gasteiger partial charge in [-0.15, -0.1) is 0 Å². The van der Waals surface area contributed by atoms with Crippen molar-refractivity contribution in [1.29, 1.82) is 0 Å². The van der Waals surface area contributed by atoms with Crippen LogP contribution in [0.15, 0.2) is 127 Å². The van der Waals surface area contributed by atoms with Gasteiger partial charge in [-0.2, -0.15) is 0 Å². The molecular weight excluding hydrogens is 402 g/mol. The second-order valence-electron chi connectivity index (χ2n) is 7.96. The second kappa shape index (κ2) is 8.21. The number of benzene rings is 4. The molecule has 0 atom stereocenters. The summed E-state index contributed by atoms with van der Waals surface area (Å²) in [5.41, 5.74) is 8.43. The van der Waals surface area contributed by atoms with Crippen molar-refractivity contribution in [2.75, 3.05) is 0 Å². The van der Waals surface area contributed by atoms with Gasteiger partial charge in [0.25, 0.3) is 0 Å². The van der Waals surface area contributed by atoms with E-state index < -0.39 is 0 Å². The molecule has 6 aromatic rings. The molecule has 0 aliphatic carbocycles. The van der Waals surface area contributed by atoms with E-state index in [2.05, 4.69) is 89.5 Å². The van der Waals surface area contributed by atoms with E-state index >= 15 is 0 Å². The normalized spacial score (nSPS) is 11.0. The molecule has 0 fully saturated rings. The molecular formula is C30H21N3. The maximum atomic E-state index is 4.91. The van der Waals surface area contributed by atoms with Crippen molar-refractivity contribution in [2.45, 2.75) is 0 Å². The summed E-state index contributed by atoms with van der Waals surface area (Å²) in [7, 11) is 0. The highest BCUT2D eigenvalue weighted by Gasteiger charge is 2.18. The van der Waals surface area contributed by atoms with Gasteiger partial charge >= 0.3 is 0 Å². The highest BCUT2D eigenvalue weighted by molar-refractivity contribution is 5.77. The summed E-state index contributed by atoms with van der Waals surface area (Å²) < 4.78 is 2.18. The first-order valence-electron chi connectivity index (χ1n) is 11.0. The maximum Gasteiger partial charge on any atom is 0.235 e. The fourth-order valence-electron chi connectivity index (χ4n) is 4.24. The molecule has 0 amide bonds. The predicted octanol–water partition coefficient (Wildman–Crippen LogP) is 6.47. The Labute approximate surface area is 192 Å². The van der Waals surface area contributed by atoms with Crippen LogP contribution in [0, 0.1) is 0 Å². The van der Waals surface area contributed by atoms with Gasteiger partial charge in [-0.05, 0) is 46.5 Å². The Morgan fingerprint density at radius 2 is 0.970 bits per heavy atom. The number of para-hydroxylation sites is 2. The molecule has 2 heterocycles. The molecule has 0 aliphatic rings. The first-order valence-corrected chi connectivity index (χ1v) is 11.0. The number of aromatic nitrogens is 3. The van der Waals surface area contributed by atoms with Gasteiger partial charge in [-0.1, -0.05) is 103 Å². The summed E-state index contributed by atoms with van der Waals surface area (Å²) in [6.07, 6.45) is 0. The number of hydrogen-bond donors (Lipinski definition) is 0. The molecule has 0 aliphatic heterocycles. The van der Waals surface area contributed by atoms with Gasteiger partial charge in [-0.3, -0.25) is 4.57 Å². The molecule has 33 heavy (non-hydrogen) atoms. The Bertz CT molecular complexity index is 1440. The third-order valence-corrected chi connectivity index (χ3v) is 5.84. The fraction of sp³-hybridized carbons (Fsp3) is 0. The molecule has 6 rings (SSSR count). The van der Waals surface area contributed by atoms with Crippen LogP contribution in [0.5, 0.6) is 0 Å². The van der Waals surface area contributed by atoms with E-state index in [0.717, 1.165) is 39.1 Å². The second-order valence-corrected chi connectivity index (χ2v) is 7.96. The molecule has 0 bridgehead atoms. The van der Waals surface area contributed by atoms with E-state index in [1.165, 1.54) is 5.56 Å². The summed E-state index contributed by atoms with van der Waals surface area (Å²) in [5, 5.41) is 0. The standard InChI is InChI=1S/C30H21N3/c1-4-12-22(13-5-1)25-20-28(23-14-6-2-7-15-23)33(29(21-25)24-16-8-3-9-17-24)30-31-26-18-10-11-19-27(26)32-30/h1-21H. The lowest BCUT2D eigenvalue weighted by atomic mass is 9.99. The van der Waals surface area contributed by atoms with Crippen LogP contribution in [0.1, 0.15) is 0 Å². The zero-order valence-corrected chi connectivity index (χ0v) is 18.0. The molecule has 2 aromatic heterocycles. The van der Waals surface area contributed by atoms with Crippen molar-refractivity contribution >= 4 is 11.0 Å². The molecule has 156 valence electrons. The number of pyridine rings is 1. The van der Waals surface area contributed by atoms with Crippen LogP contribution in [0.4, 0.5) is 0 Å². The molecule has 0 unspecified atom stereocenters. The van der Waals surface area contributed by atoms with Gasteiger partial charge in [0.15, 0.2) is 0 Å². The number of fused-ring (bicyclic) bond motifs is 1. The highest BCUT2D eigenvalue weighted by Crippen LogP contribution is 2.30. The Kier molecular flexibility index (Phi) is 4.78. The molecule has 0 spiro atoms. The average Bonchev–Trinajstić information content (AvgIpc) is 3.33. The van der Waals surface area contributed by atoms with Crippen LogP contribution in [-0.2, 0) is 0 Å². The van der Waals surface area contributed by atoms with E-state index in [1.54, 1.807) is 0 Å². The Balaban J connectivity index is 1.72. The smallest absolute Gasteiger partial charge is 0.235 e. The molecule has 0 radical (unpaired) electrons. The number of imidazole rings is 1. The van der Waals surface area contributed by atoms with Crippen LogP contribution in [0.25, 0.3) is 50.6 Å². The lowest BCUT2D eigenvalue weighted by Gasteiger charge is -2.19. The monoisotopic (exact) mass is 423 g/mol. The topological polar surface area (TPSA) is 30.9 Å². The van der Waals surface area contributed by atoms with Crippen molar-refractivity contribution in [1.82, 2.24) is 9.97 Å². The SMILES string of the molecule is c1ccc(-c2cc(-c3ccccc3)[n+](-c3nc4ccccc4[n-]3)c(-c3ccccc3)c2)cc1. The largest absolute Gasteiger partial charge is 0.278 e. The third-order valence-electron chi connectivity index (χ3n) is 5.84. The quantitative estimate of drug-likeness (QED) is 0.304. The Morgan fingerprint density at radius 1 is 0.485 bits per heavy atom. The first kappa shape index (κ1) is 19.2. The van der Waals surface area contributed by atoms with Gasteiger partial charge in [0.2, 0.25) is 5.95 Å². The van der Waals surface area contributed by atoms with Crippen LogP contribution < -0.4 is 9.55 Å². The van der Waals surface area contributed by atoms with E-state index in [-0.39, 0.29) is 0 Å². The maximum absolute atomic E-state index is 4.91. The predicted molar refractivity (Wildman–Crippen MR) is 133 cm³/mol. The molecule has 0 N–H and O–H groups in total. The minimum Gasteiger partial charge on any atom is -0.278 e. The average molecular weight is 424 g/mol. The van der Waals surface area contributed by atoms with E-state index in [9.17, 15) is 0 Å². The van der Waals surface area contributed by atoms with Crippen LogP contribution in [-0.4, -0.2) is 4.98 Å². The van der Waals surface area contributed by atoms with Gasteiger partial charge in [0, 0.05) is 0 Å². The van der Waals surface area contributed by atoms with Crippen molar-refractivity contribution in [3.8, 4) is 39.6 Å². The van der Waals surface area contributed by atoms with Crippen molar-refractivity contribution in [3.05, 3.63) is 127 Å². The fourth-order valence-corrected chi connectivity index (χ4v) is 4.24. The lowest BCUT2D eigenvalue weighted by Crippen LogP contribution is -2.38. The van der Waals surface area contributed by atoms with Gasteiger partial charge in [0.1, 0.15) is 0 Å². The van der Waals surface area contributed by atoms with Crippen LogP contribution in [0.3, 0.4) is 0 Å². The van der Waals surface area contributed by atoms with Crippen molar-refractivity contribution < 1.29 is 4.57 Å². The van der Waals surface area contributed by atoms with E-state index in [4.69, 9.17) is 9.97 Å². The first-order chi connectivity index (χ1) is 16.4. The van der Waals surface area contributed by atoms with Gasteiger partial charge in [0.05, 0.1) is 22.4 Å². The molecule has 4 aromatic carbocycles. The number of nitrogens with zero attached hydrogens (tertiary/aromatic N) is 3. The molecule has 0 saturated heterocycles. The molecule has 3 heteroatoms. The Hall–Kier alpha value is -4.50. The van der Waals surface area contributed by atoms with Crippen molar-refractivity contribution in [2.24, 2.45) is 0 Å². The third kappa shape index (κ3) is 3.60.